The molecule has 2 aromatic rings. The number of fused-ring (bicyclic) bond motifs is 1. The largest absolute Gasteiger partial charge is 0.381 e. The number of benzene rings is 1. The average molecular weight is 307 g/mol. The van der Waals surface area contributed by atoms with E-state index < -0.39 is 0 Å². The van der Waals surface area contributed by atoms with Crippen LogP contribution in [0.5, 0.6) is 0 Å². The summed E-state index contributed by atoms with van der Waals surface area (Å²) in [5.74, 6) is 0. The molecule has 108 valence electrons. The monoisotopic (exact) mass is 307 g/mol. The van der Waals surface area contributed by atoms with Crippen LogP contribution in [-0.2, 0) is 0 Å². The molecule has 0 radical (unpaired) electrons. The summed E-state index contributed by atoms with van der Waals surface area (Å²) in [6.07, 6.45) is 3.31. The smallest absolute Gasteiger partial charge is 0.150 e. The molecule has 0 spiro atoms. The Labute approximate surface area is 128 Å². The summed E-state index contributed by atoms with van der Waals surface area (Å²) in [5.41, 5.74) is 2.34. The Kier molecular flexibility index (Phi) is 4.19. The van der Waals surface area contributed by atoms with Gasteiger partial charge in [-0.15, -0.1) is 11.3 Å². The van der Waals surface area contributed by atoms with Gasteiger partial charge in [-0.05, 0) is 44.7 Å². The van der Waals surface area contributed by atoms with Crippen LogP contribution in [0.4, 0.5) is 5.69 Å². The molecule has 1 saturated heterocycles. The highest BCUT2D eigenvalue weighted by molar-refractivity contribution is 8.00. The van der Waals surface area contributed by atoms with E-state index in [1.165, 1.54) is 23.4 Å². The second-order valence-corrected chi connectivity index (χ2v) is 7.67. The second-order valence-electron chi connectivity index (χ2n) is 5.59. The third-order valence-electron chi connectivity index (χ3n) is 3.86. The number of aromatic nitrogens is 1. The van der Waals surface area contributed by atoms with Gasteiger partial charge in [-0.25, -0.2) is 4.98 Å². The average Bonchev–Trinajstić information content (AvgIpc) is 3.04. The number of nitrogens with one attached hydrogen (secondary N) is 1. The van der Waals surface area contributed by atoms with Crippen LogP contribution in [0.3, 0.4) is 0 Å². The Bertz CT molecular complexity index is 594. The molecule has 3 nitrogen and oxygen atoms in total. The summed E-state index contributed by atoms with van der Waals surface area (Å²) in [5, 5.41) is 3.68. The van der Waals surface area contributed by atoms with Crippen molar-refractivity contribution in [1.29, 1.82) is 0 Å². The maximum atomic E-state index is 4.58. The first-order valence-electron chi connectivity index (χ1n) is 7.11. The first-order valence-corrected chi connectivity index (χ1v) is 9.15. The van der Waals surface area contributed by atoms with Crippen molar-refractivity contribution >= 4 is 39.0 Å². The fourth-order valence-corrected chi connectivity index (χ4v) is 4.22. The molecule has 1 N–H and O–H groups in total. The fourth-order valence-electron chi connectivity index (χ4n) is 2.69. The van der Waals surface area contributed by atoms with Gasteiger partial charge in [0.1, 0.15) is 0 Å². The lowest BCUT2D eigenvalue weighted by atomic mass is 10.2. The molecule has 0 saturated carbocycles. The Hall–Kier alpha value is -0.780. The van der Waals surface area contributed by atoms with Gasteiger partial charge >= 0.3 is 0 Å². The van der Waals surface area contributed by atoms with Gasteiger partial charge in [-0.1, -0.05) is 11.8 Å². The fraction of sp³-hybridized carbons (Fsp3) is 0.533. The molecule has 1 atom stereocenters. The SMILES string of the molecule is CSc1nc2ccc(NC3CCN(C(C)C)C3)cc2s1. The van der Waals surface area contributed by atoms with Crippen LogP contribution in [0.25, 0.3) is 10.2 Å². The van der Waals surface area contributed by atoms with Gasteiger partial charge < -0.3 is 5.32 Å². The highest BCUT2D eigenvalue weighted by Gasteiger charge is 2.23. The zero-order valence-corrected chi connectivity index (χ0v) is 13.9. The summed E-state index contributed by atoms with van der Waals surface area (Å²) >= 11 is 3.49. The highest BCUT2D eigenvalue weighted by Crippen LogP contribution is 2.30. The van der Waals surface area contributed by atoms with Crippen molar-refractivity contribution in [2.45, 2.75) is 36.7 Å². The molecule has 0 amide bonds. The molecule has 1 fully saturated rings. The Morgan fingerprint density at radius 3 is 3.00 bits per heavy atom. The number of anilines is 1. The predicted molar refractivity (Wildman–Crippen MR) is 90.1 cm³/mol. The first-order chi connectivity index (χ1) is 9.65. The second kappa shape index (κ2) is 5.92. The number of hydrogen-bond acceptors (Lipinski definition) is 5. The molecule has 1 aromatic carbocycles. The maximum absolute atomic E-state index is 4.58. The summed E-state index contributed by atoms with van der Waals surface area (Å²) in [7, 11) is 0. The third-order valence-corrected chi connectivity index (χ3v) is 5.87. The lowest BCUT2D eigenvalue weighted by molar-refractivity contribution is 0.274. The van der Waals surface area contributed by atoms with Crippen LogP contribution < -0.4 is 5.32 Å². The van der Waals surface area contributed by atoms with Gasteiger partial charge in [0.05, 0.1) is 10.2 Å². The van der Waals surface area contributed by atoms with Crippen molar-refractivity contribution in [2.24, 2.45) is 0 Å². The van der Waals surface area contributed by atoms with Gasteiger partial charge in [0.15, 0.2) is 4.34 Å². The van der Waals surface area contributed by atoms with E-state index in [0.29, 0.717) is 12.1 Å². The van der Waals surface area contributed by atoms with Crippen LogP contribution in [0.15, 0.2) is 22.5 Å². The Morgan fingerprint density at radius 2 is 2.30 bits per heavy atom. The van der Waals surface area contributed by atoms with E-state index in [9.17, 15) is 0 Å². The minimum atomic E-state index is 0.572. The molecule has 3 rings (SSSR count). The van der Waals surface area contributed by atoms with Crippen LogP contribution in [0.1, 0.15) is 20.3 Å². The van der Waals surface area contributed by atoms with Crippen molar-refractivity contribution < 1.29 is 0 Å². The molecule has 1 aliphatic heterocycles. The van der Waals surface area contributed by atoms with E-state index >= 15 is 0 Å². The molecule has 1 aliphatic rings. The molecule has 0 bridgehead atoms. The number of hydrogen-bond donors (Lipinski definition) is 1. The first kappa shape index (κ1) is 14.2. The summed E-state index contributed by atoms with van der Waals surface area (Å²) in [6.45, 7) is 6.90. The highest BCUT2D eigenvalue weighted by atomic mass is 32.2. The quantitative estimate of drug-likeness (QED) is 0.867. The van der Waals surface area contributed by atoms with Crippen LogP contribution in [0.2, 0.25) is 0 Å². The molecule has 20 heavy (non-hydrogen) atoms. The van der Waals surface area contributed by atoms with E-state index in [2.05, 4.69) is 53.5 Å². The molecule has 0 aliphatic carbocycles. The zero-order valence-electron chi connectivity index (χ0n) is 12.2. The number of nitrogens with zero attached hydrogens (tertiary/aromatic N) is 2. The lowest BCUT2D eigenvalue weighted by Crippen LogP contribution is -2.31. The van der Waals surface area contributed by atoms with Crippen molar-refractivity contribution in [3.05, 3.63) is 18.2 Å². The van der Waals surface area contributed by atoms with E-state index in [4.69, 9.17) is 0 Å². The minimum absolute atomic E-state index is 0.572. The third kappa shape index (κ3) is 2.95. The summed E-state index contributed by atoms with van der Waals surface area (Å²) < 4.78 is 2.42. The van der Waals surface area contributed by atoms with Gasteiger partial charge in [0.25, 0.3) is 0 Å². The van der Waals surface area contributed by atoms with Crippen molar-refractivity contribution in [3.63, 3.8) is 0 Å². The van der Waals surface area contributed by atoms with E-state index in [-0.39, 0.29) is 0 Å². The minimum Gasteiger partial charge on any atom is -0.381 e. The Balaban J connectivity index is 1.71. The molecular formula is C15H21N3S2. The number of thioether (sulfide) groups is 1. The van der Waals surface area contributed by atoms with Gasteiger partial charge in [-0.3, -0.25) is 4.90 Å². The normalized spacial score (nSPS) is 20.1. The summed E-state index contributed by atoms with van der Waals surface area (Å²) in [4.78, 5) is 7.12. The van der Waals surface area contributed by atoms with Crippen LogP contribution in [0, 0.1) is 0 Å². The number of rotatable bonds is 4. The van der Waals surface area contributed by atoms with E-state index in [0.717, 1.165) is 16.4 Å². The summed E-state index contributed by atoms with van der Waals surface area (Å²) in [6, 6.07) is 7.75. The number of thiazole rings is 1. The predicted octanol–water partition coefficient (Wildman–Crippen LogP) is 3.91. The van der Waals surface area contributed by atoms with Crippen molar-refractivity contribution in [3.8, 4) is 0 Å². The lowest BCUT2D eigenvalue weighted by Gasteiger charge is -2.20. The van der Waals surface area contributed by atoms with Crippen molar-refractivity contribution in [2.75, 3.05) is 24.7 Å². The molecule has 2 heterocycles. The van der Waals surface area contributed by atoms with Crippen LogP contribution in [-0.4, -0.2) is 41.3 Å². The van der Waals surface area contributed by atoms with Gasteiger partial charge in [0.2, 0.25) is 0 Å². The van der Waals surface area contributed by atoms with Gasteiger partial charge in [0, 0.05) is 30.9 Å². The Morgan fingerprint density at radius 1 is 1.45 bits per heavy atom. The molecular weight excluding hydrogens is 286 g/mol. The van der Waals surface area contributed by atoms with Gasteiger partial charge in [-0.2, -0.15) is 0 Å². The van der Waals surface area contributed by atoms with E-state index in [1.807, 2.05) is 0 Å². The topological polar surface area (TPSA) is 28.2 Å². The van der Waals surface area contributed by atoms with Crippen LogP contribution >= 0.6 is 23.1 Å². The molecule has 1 unspecified atom stereocenters. The number of likely N-dealkylation sites (tertiary alicyclic amines) is 1. The maximum Gasteiger partial charge on any atom is 0.150 e. The standard InChI is InChI=1S/C15H21N3S2/c1-10(2)18-7-6-12(9-18)16-11-4-5-13-14(8-11)20-15(17-13)19-3/h4-5,8,10,12,16H,6-7,9H2,1-3H3. The van der Waals surface area contributed by atoms with Crippen molar-refractivity contribution in [1.82, 2.24) is 9.88 Å². The molecule has 5 heteroatoms. The van der Waals surface area contributed by atoms with E-state index in [1.54, 1.807) is 23.1 Å². The molecule has 1 aromatic heterocycles. The zero-order chi connectivity index (χ0) is 14.1.